The Balaban J connectivity index is 1.38. The SMILES string of the molecule is CCC1=C(C(=O)OC)[C@H](c2ccccc2)n2c(s/c(=C\c3cc(Br)c(OCc4ccc5c(c4)OCO5)c(OC)c3)c2=O)=N1. The molecule has 220 valence electrons. The summed E-state index contributed by atoms with van der Waals surface area (Å²) in [5.41, 5.74) is 3.14. The van der Waals surface area contributed by atoms with Gasteiger partial charge < -0.3 is 23.7 Å². The summed E-state index contributed by atoms with van der Waals surface area (Å²) in [5.74, 6) is 1.91. The highest BCUT2D eigenvalue weighted by molar-refractivity contribution is 9.10. The Morgan fingerprint density at radius 1 is 1.12 bits per heavy atom. The lowest BCUT2D eigenvalue weighted by Crippen LogP contribution is -2.40. The molecule has 0 aliphatic carbocycles. The van der Waals surface area contributed by atoms with E-state index in [9.17, 15) is 9.59 Å². The third kappa shape index (κ3) is 5.46. The van der Waals surface area contributed by atoms with Gasteiger partial charge >= 0.3 is 5.97 Å². The fourth-order valence-corrected chi connectivity index (χ4v) is 6.71. The summed E-state index contributed by atoms with van der Waals surface area (Å²) < 4.78 is 30.5. The number of carbonyl (C=O) groups excluding carboxylic acids is 1. The predicted octanol–water partition coefficient (Wildman–Crippen LogP) is 4.88. The first kappa shape index (κ1) is 28.8. The molecule has 2 aliphatic rings. The molecule has 0 fully saturated rings. The number of halogens is 1. The fourth-order valence-electron chi connectivity index (χ4n) is 5.12. The number of allylic oxidation sites excluding steroid dienone is 1. The third-order valence-electron chi connectivity index (χ3n) is 7.14. The lowest BCUT2D eigenvalue weighted by molar-refractivity contribution is -0.136. The summed E-state index contributed by atoms with van der Waals surface area (Å²) in [7, 11) is 2.90. The largest absolute Gasteiger partial charge is 0.493 e. The van der Waals surface area contributed by atoms with E-state index in [2.05, 4.69) is 15.9 Å². The number of thiazole rings is 1. The molecule has 6 rings (SSSR count). The molecule has 0 spiro atoms. The number of rotatable bonds is 8. The number of hydrogen-bond acceptors (Lipinski definition) is 9. The van der Waals surface area contributed by atoms with Crippen LogP contribution in [0, 0.1) is 0 Å². The lowest BCUT2D eigenvalue weighted by Gasteiger charge is -2.25. The standard InChI is InChI=1S/C32H27BrN2O7S/c1-4-22-27(31(37)39-3)28(20-8-6-5-7-9-20)35-30(36)26(43-32(35)34-22)15-19-12-21(33)29(25(14-19)38-2)40-16-18-10-11-23-24(13-18)42-17-41-23/h5-15,28H,4,16-17H2,1-3H3/b26-15-/t28-/m0/s1. The van der Waals surface area contributed by atoms with E-state index in [1.165, 1.54) is 18.4 Å². The fraction of sp³-hybridized carbons (Fsp3) is 0.219. The van der Waals surface area contributed by atoms with Crippen molar-refractivity contribution >= 4 is 39.3 Å². The van der Waals surface area contributed by atoms with Crippen LogP contribution in [0.1, 0.15) is 36.1 Å². The van der Waals surface area contributed by atoms with Crippen molar-refractivity contribution in [3.05, 3.63) is 113 Å². The molecule has 0 unspecified atom stereocenters. The van der Waals surface area contributed by atoms with E-state index in [0.717, 1.165) is 16.7 Å². The molecule has 2 aliphatic heterocycles. The van der Waals surface area contributed by atoms with Crippen LogP contribution in [0.2, 0.25) is 0 Å². The number of aromatic nitrogens is 1. The molecule has 9 nitrogen and oxygen atoms in total. The third-order valence-corrected chi connectivity index (χ3v) is 8.71. The molecule has 4 aromatic rings. The topological polar surface area (TPSA) is 97.6 Å². The predicted molar refractivity (Wildman–Crippen MR) is 164 cm³/mol. The van der Waals surface area contributed by atoms with Gasteiger partial charge in [0.05, 0.1) is 40.5 Å². The molecule has 0 saturated heterocycles. The number of ether oxygens (including phenoxy) is 5. The van der Waals surface area contributed by atoms with Crippen LogP contribution in [-0.2, 0) is 16.1 Å². The minimum absolute atomic E-state index is 0.206. The van der Waals surface area contributed by atoms with E-state index < -0.39 is 12.0 Å². The summed E-state index contributed by atoms with van der Waals surface area (Å²) in [6.07, 6.45) is 2.30. The monoisotopic (exact) mass is 662 g/mol. The van der Waals surface area contributed by atoms with E-state index in [0.29, 0.717) is 54.5 Å². The first-order valence-corrected chi connectivity index (χ1v) is 15.1. The smallest absolute Gasteiger partial charge is 0.338 e. The molecule has 1 atom stereocenters. The second kappa shape index (κ2) is 12.1. The number of nitrogens with zero attached hydrogens (tertiary/aromatic N) is 2. The summed E-state index contributed by atoms with van der Waals surface area (Å²) in [4.78, 5) is 32.1. The molecule has 0 bridgehead atoms. The van der Waals surface area contributed by atoms with Gasteiger partial charge in [-0.1, -0.05) is 54.7 Å². The van der Waals surface area contributed by atoms with E-state index in [4.69, 9.17) is 28.7 Å². The Morgan fingerprint density at radius 3 is 2.65 bits per heavy atom. The first-order valence-electron chi connectivity index (χ1n) is 13.5. The van der Waals surface area contributed by atoms with E-state index >= 15 is 0 Å². The number of esters is 1. The average molecular weight is 664 g/mol. The van der Waals surface area contributed by atoms with Crippen LogP contribution < -0.4 is 33.8 Å². The van der Waals surface area contributed by atoms with Crippen LogP contribution in [0.15, 0.2) is 86.2 Å². The highest BCUT2D eigenvalue weighted by atomic mass is 79.9. The van der Waals surface area contributed by atoms with Crippen molar-refractivity contribution in [1.29, 1.82) is 0 Å². The number of carbonyl (C=O) groups is 1. The normalized spacial score (nSPS) is 15.6. The molecule has 0 saturated carbocycles. The number of hydrogen-bond donors (Lipinski definition) is 0. The van der Waals surface area contributed by atoms with Gasteiger partial charge in [-0.15, -0.1) is 0 Å². The second-order valence-corrected chi connectivity index (χ2v) is 11.6. The van der Waals surface area contributed by atoms with E-state index in [1.807, 2.05) is 67.6 Å². The highest BCUT2D eigenvalue weighted by Crippen LogP contribution is 2.38. The zero-order valence-corrected chi connectivity index (χ0v) is 26.0. The lowest BCUT2D eigenvalue weighted by atomic mass is 9.95. The maximum Gasteiger partial charge on any atom is 0.338 e. The van der Waals surface area contributed by atoms with Gasteiger partial charge in [-0.25, -0.2) is 9.79 Å². The van der Waals surface area contributed by atoms with Crippen molar-refractivity contribution in [2.45, 2.75) is 26.0 Å². The summed E-state index contributed by atoms with van der Waals surface area (Å²) in [6.45, 7) is 2.42. The molecule has 43 heavy (non-hydrogen) atoms. The molecular weight excluding hydrogens is 636 g/mol. The molecule has 0 N–H and O–H groups in total. The Bertz CT molecular complexity index is 1930. The highest BCUT2D eigenvalue weighted by Gasteiger charge is 2.33. The summed E-state index contributed by atoms with van der Waals surface area (Å²) in [6, 6.07) is 18.1. The minimum atomic E-state index is -0.657. The van der Waals surface area contributed by atoms with Crippen molar-refractivity contribution in [2.75, 3.05) is 21.0 Å². The van der Waals surface area contributed by atoms with E-state index in [-0.39, 0.29) is 19.0 Å². The van der Waals surface area contributed by atoms with Crippen molar-refractivity contribution < 1.29 is 28.5 Å². The Labute approximate surface area is 259 Å². The summed E-state index contributed by atoms with van der Waals surface area (Å²) >= 11 is 4.88. The van der Waals surface area contributed by atoms with Gasteiger partial charge in [-0.2, -0.15) is 0 Å². The van der Waals surface area contributed by atoms with Crippen LogP contribution in [-0.4, -0.2) is 31.5 Å². The Morgan fingerprint density at radius 2 is 1.91 bits per heavy atom. The molecule has 3 heterocycles. The van der Waals surface area contributed by atoms with Crippen LogP contribution in [0.5, 0.6) is 23.0 Å². The van der Waals surface area contributed by atoms with Gasteiger partial charge in [0, 0.05) is 0 Å². The van der Waals surface area contributed by atoms with Gasteiger partial charge in [0.25, 0.3) is 5.56 Å². The van der Waals surface area contributed by atoms with Crippen LogP contribution in [0.25, 0.3) is 6.08 Å². The average Bonchev–Trinajstić information content (AvgIpc) is 3.62. The van der Waals surface area contributed by atoms with Gasteiger partial charge in [-0.05, 0) is 69.4 Å². The van der Waals surface area contributed by atoms with Crippen LogP contribution in [0.3, 0.4) is 0 Å². The zero-order valence-electron chi connectivity index (χ0n) is 23.6. The van der Waals surface area contributed by atoms with Crippen molar-refractivity contribution in [2.24, 2.45) is 4.99 Å². The molecule has 1 aromatic heterocycles. The molecule has 3 aromatic carbocycles. The van der Waals surface area contributed by atoms with Gasteiger partial charge in [-0.3, -0.25) is 9.36 Å². The van der Waals surface area contributed by atoms with Crippen LogP contribution >= 0.6 is 27.3 Å². The van der Waals surface area contributed by atoms with Crippen molar-refractivity contribution in [1.82, 2.24) is 4.57 Å². The molecular formula is C32H27BrN2O7S. The second-order valence-electron chi connectivity index (χ2n) is 9.71. The zero-order chi connectivity index (χ0) is 30.1. The minimum Gasteiger partial charge on any atom is -0.493 e. The number of methoxy groups -OCH3 is 2. The molecule has 0 radical (unpaired) electrons. The maximum absolute atomic E-state index is 13.9. The van der Waals surface area contributed by atoms with Crippen molar-refractivity contribution in [3.8, 4) is 23.0 Å². The van der Waals surface area contributed by atoms with E-state index in [1.54, 1.807) is 17.8 Å². The van der Waals surface area contributed by atoms with Gasteiger partial charge in [0.2, 0.25) is 6.79 Å². The maximum atomic E-state index is 13.9. The Hall–Kier alpha value is -4.35. The quantitative estimate of drug-likeness (QED) is 0.248. The van der Waals surface area contributed by atoms with Crippen molar-refractivity contribution in [3.63, 3.8) is 0 Å². The van der Waals surface area contributed by atoms with Gasteiger partial charge in [0.15, 0.2) is 27.8 Å². The first-order chi connectivity index (χ1) is 20.9. The van der Waals surface area contributed by atoms with Gasteiger partial charge in [0.1, 0.15) is 6.61 Å². The summed E-state index contributed by atoms with van der Waals surface area (Å²) in [5, 5.41) is 0. The Kier molecular flexibility index (Phi) is 8.09. The number of benzene rings is 3. The molecule has 0 amide bonds. The van der Waals surface area contributed by atoms with Crippen LogP contribution in [0.4, 0.5) is 0 Å². The number of fused-ring (bicyclic) bond motifs is 2. The molecule has 11 heteroatoms.